The molecule has 98 valence electrons. The highest BCUT2D eigenvalue weighted by molar-refractivity contribution is 7.13. The van der Waals surface area contributed by atoms with Crippen LogP contribution in [-0.2, 0) is 9.59 Å². The van der Waals surface area contributed by atoms with Crippen LogP contribution in [0, 0.1) is 0 Å². The molecule has 2 amide bonds. The predicted octanol–water partition coefficient (Wildman–Crippen LogP) is 0.246. The van der Waals surface area contributed by atoms with Crippen molar-refractivity contribution >= 4 is 28.3 Å². The number of aromatic nitrogens is 1. The van der Waals surface area contributed by atoms with Gasteiger partial charge >= 0.3 is 0 Å². The topological polar surface area (TPSA) is 65.5 Å². The Morgan fingerprint density at radius 2 is 2.00 bits per heavy atom. The first kappa shape index (κ1) is 12.8. The molecule has 0 bridgehead atoms. The average molecular weight is 268 g/mol. The Labute approximate surface area is 110 Å². The van der Waals surface area contributed by atoms with Gasteiger partial charge in [0.05, 0.1) is 6.54 Å². The number of hydrogen-bond donors (Lipinski definition) is 1. The number of carbonyl (C=O) groups excluding carboxylic acids is 2. The van der Waals surface area contributed by atoms with E-state index in [2.05, 4.69) is 10.3 Å². The first-order chi connectivity index (χ1) is 8.66. The van der Waals surface area contributed by atoms with Gasteiger partial charge in [0.15, 0.2) is 5.13 Å². The van der Waals surface area contributed by atoms with Gasteiger partial charge in [0.2, 0.25) is 11.8 Å². The molecule has 2 heterocycles. The summed E-state index contributed by atoms with van der Waals surface area (Å²) in [6.07, 6.45) is 1.70. The average Bonchev–Trinajstić information content (AvgIpc) is 2.89. The van der Waals surface area contributed by atoms with Gasteiger partial charge in [-0.05, 0) is 0 Å². The summed E-state index contributed by atoms with van der Waals surface area (Å²) in [6, 6.07) is 0. The van der Waals surface area contributed by atoms with Crippen LogP contribution in [-0.4, -0.2) is 59.3 Å². The van der Waals surface area contributed by atoms with Gasteiger partial charge in [-0.25, -0.2) is 4.98 Å². The smallest absolute Gasteiger partial charge is 0.242 e. The molecule has 7 heteroatoms. The minimum absolute atomic E-state index is 0.0494. The summed E-state index contributed by atoms with van der Waals surface area (Å²) in [5.74, 6) is 0.122. The zero-order chi connectivity index (χ0) is 13.0. The van der Waals surface area contributed by atoms with Crippen LogP contribution in [0.3, 0.4) is 0 Å². The number of nitrogens with one attached hydrogen (secondary N) is 1. The Bertz CT molecular complexity index is 413. The van der Waals surface area contributed by atoms with Crippen molar-refractivity contribution in [2.75, 3.05) is 38.0 Å². The van der Waals surface area contributed by atoms with E-state index >= 15 is 0 Å². The van der Waals surface area contributed by atoms with E-state index in [1.165, 1.54) is 11.3 Å². The number of carbonyl (C=O) groups is 2. The molecular weight excluding hydrogens is 252 g/mol. The van der Waals surface area contributed by atoms with Crippen LogP contribution in [0.5, 0.6) is 0 Å². The van der Waals surface area contributed by atoms with Crippen LogP contribution in [0.2, 0.25) is 0 Å². The number of nitrogens with zero attached hydrogens (tertiary/aromatic N) is 3. The molecule has 18 heavy (non-hydrogen) atoms. The van der Waals surface area contributed by atoms with E-state index in [0.29, 0.717) is 26.2 Å². The van der Waals surface area contributed by atoms with Crippen molar-refractivity contribution in [3.63, 3.8) is 0 Å². The molecule has 1 saturated heterocycles. The third kappa shape index (κ3) is 3.19. The molecule has 0 unspecified atom stereocenters. The number of piperazine rings is 1. The van der Waals surface area contributed by atoms with E-state index in [9.17, 15) is 9.59 Å². The summed E-state index contributed by atoms with van der Waals surface area (Å²) in [5, 5.41) is 5.61. The largest absolute Gasteiger partial charge is 0.352 e. The second-order valence-electron chi connectivity index (χ2n) is 4.08. The lowest BCUT2D eigenvalue weighted by Gasteiger charge is -2.34. The van der Waals surface area contributed by atoms with Gasteiger partial charge in [0, 0.05) is 44.7 Å². The Balaban J connectivity index is 1.75. The molecule has 1 aromatic rings. The number of rotatable bonds is 3. The highest BCUT2D eigenvalue weighted by Gasteiger charge is 2.21. The quantitative estimate of drug-likeness (QED) is 0.853. The van der Waals surface area contributed by atoms with E-state index in [1.54, 1.807) is 22.9 Å². The second-order valence-corrected chi connectivity index (χ2v) is 4.97. The maximum Gasteiger partial charge on any atom is 0.242 e. The number of hydrogen-bond acceptors (Lipinski definition) is 5. The molecular formula is C11H16N4O2S. The normalized spacial score (nSPS) is 15.6. The van der Waals surface area contributed by atoms with Gasteiger partial charge in [0.25, 0.3) is 0 Å². The lowest BCUT2D eigenvalue weighted by molar-refractivity contribution is -0.137. The molecule has 0 spiro atoms. The molecule has 0 aromatic carbocycles. The van der Waals surface area contributed by atoms with Crippen LogP contribution in [0.25, 0.3) is 0 Å². The molecule has 0 saturated carbocycles. The highest BCUT2D eigenvalue weighted by atomic mass is 32.1. The molecule has 0 radical (unpaired) electrons. The predicted molar refractivity (Wildman–Crippen MR) is 69.4 cm³/mol. The SMILES string of the molecule is CC(=O)N1CCN(C(=O)CNc2nccs2)CC1. The highest BCUT2D eigenvalue weighted by Crippen LogP contribution is 2.10. The molecule has 2 rings (SSSR count). The minimum atomic E-state index is 0.0494. The fourth-order valence-electron chi connectivity index (χ4n) is 1.84. The summed E-state index contributed by atoms with van der Waals surface area (Å²) in [5.41, 5.74) is 0. The summed E-state index contributed by atoms with van der Waals surface area (Å²) in [7, 11) is 0. The Morgan fingerprint density at radius 3 is 2.56 bits per heavy atom. The Morgan fingerprint density at radius 1 is 1.33 bits per heavy atom. The van der Waals surface area contributed by atoms with Crippen LogP contribution in [0.15, 0.2) is 11.6 Å². The van der Waals surface area contributed by atoms with Gasteiger partial charge in [-0.2, -0.15) is 0 Å². The Hall–Kier alpha value is -1.63. The zero-order valence-electron chi connectivity index (χ0n) is 10.3. The van der Waals surface area contributed by atoms with Gasteiger partial charge in [0.1, 0.15) is 0 Å². The van der Waals surface area contributed by atoms with E-state index in [1.807, 2.05) is 5.38 Å². The molecule has 1 N–H and O–H groups in total. The van der Waals surface area contributed by atoms with E-state index in [0.717, 1.165) is 5.13 Å². The summed E-state index contributed by atoms with van der Waals surface area (Å²) in [4.78, 5) is 30.7. The summed E-state index contributed by atoms with van der Waals surface area (Å²) >= 11 is 1.47. The molecule has 6 nitrogen and oxygen atoms in total. The van der Waals surface area contributed by atoms with Crippen molar-refractivity contribution in [3.8, 4) is 0 Å². The molecule has 1 fully saturated rings. The third-order valence-corrected chi connectivity index (χ3v) is 3.63. The van der Waals surface area contributed by atoms with E-state index < -0.39 is 0 Å². The van der Waals surface area contributed by atoms with E-state index in [-0.39, 0.29) is 18.4 Å². The Kier molecular flexibility index (Phi) is 4.14. The van der Waals surface area contributed by atoms with Crippen LogP contribution >= 0.6 is 11.3 Å². The second kappa shape index (κ2) is 5.81. The maximum absolute atomic E-state index is 11.9. The van der Waals surface area contributed by atoms with Crippen molar-refractivity contribution in [1.82, 2.24) is 14.8 Å². The van der Waals surface area contributed by atoms with Gasteiger partial charge in [-0.15, -0.1) is 11.3 Å². The number of thiazole rings is 1. The molecule has 1 aromatic heterocycles. The number of amides is 2. The molecule has 1 aliphatic heterocycles. The first-order valence-corrected chi connectivity index (χ1v) is 6.71. The zero-order valence-corrected chi connectivity index (χ0v) is 11.1. The van der Waals surface area contributed by atoms with Gasteiger partial charge in [-0.1, -0.05) is 0 Å². The van der Waals surface area contributed by atoms with Crippen molar-refractivity contribution in [3.05, 3.63) is 11.6 Å². The fraction of sp³-hybridized carbons (Fsp3) is 0.545. The first-order valence-electron chi connectivity index (χ1n) is 5.83. The number of anilines is 1. The molecule has 0 atom stereocenters. The van der Waals surface area contributed by atoms with Crippen molar-refractivity contribution in [2.45, 2.75) is 6.92 Å². The van der Waals surface area contributed by atoms with Crippen molar-refractivity contribution in [2.24, 2.45) is 0 Å². The van der Waals surface area contributed by atoms with E-state index in [4.69, 9.17) is 0 Å². The van der Waals surface area contributed by atoms with Crippen LogP contribution in [0.4, 0.5) is 5.13 Å². The lowest BCUT2D eigenvalue weighted by atomic mass is 10.3. The summed E-state index contributed by atoms with van der Waals surface area (Å²) in [6.45, 7) is 4.28. The summed E-state index contributed by atoms with van der Waals surface area (Å²) < 4.78 is 0. The maximum atomic E-state index is 11.9. The third-order valence-electron chi connectivity index (χ3n) is 2.90. The monoisotopic (exact) mass is 268 g/mol. The van der Waals surface area contributed by atoms with Gasteiger partial charge < -0.3 is 15.1 Å². The minimum Gasteiger partial charge on any atom is -0.352 e. The van der Waals surface area contributed by atoms with Crippen LogP contribution in [0.1, 0.15) is 6.92 Å². The van der Waals surface area contributed by atoms with Gasteiger partial charge in [-0.3, -0.25) is 9.59 Å². The van der Waals surface area contributed by atoms with Crippen LogP contribution < -0.4 is 5.32 Å². The molecule has 0 aliphatic carbocycles. The van der Waals surface area contributed by atoms with Crippen molar-refractivity contribution < 1.29 is 9.59 Å². The van der Waals surface area contributed by atoms with Crippen molar-refractivity contribution in [1.29, 1.82) is 0 Å². The lowest BCUT2D eigenvalue weighted by Crippen LogP contribution is -2.51. The standard InChI is InChI=1S/C11H16N4O2S/c1-9(16)14-3-5-15(6-4-14)10(17)8-13-11-12-2-7-18-11/h2,7H,3-6,8H2,1H3,(H,12,13). The molecule has 1 aliphatic rings. The fourth-order valence-corrected chi connectivity index (χ4v) is 2.37.